The molecule has 4 aromatic rings. The number of benzene rings is 4. The molecule has 68 heavy (non-hydrogen) atoms. The minimum atomic E-state index is -0.804. The maximum Gasteiger partial charge on any atom is 0.126 e. The Morgan fingerprint density at radius 3 is 0.779 bits per heavy atom. The summed E-state index contributed by atoms with van der Waals surface area (Å²) in [4.78, 5) is 0. The van der Waals surface area contributed by atoms with Crippen molar-refractivity contribution in [3.05, 3.63) is 122 Å². The molecule has 0 aromatic heterocycles. The van der Waals surface area contributed by atoms with E-state index >= 15 is 0 Å². The fourth-order valence-electron chi connectivity index (χ4n) is 8.34. The van der Waals surface area contributed by atoms with Crippen LogP contribution in [0.2, 0.25) is 0 Å². The van der Waals surface area contributed by atoms with Gasteiger partial charge in [-0.05, 0) is 110 Å². The first-order valence-electron chi connectivity index (χ1n) is 26.0. The third kappa shape index (κ3) is 16.0. The Bertz CT molecular complexity index is 1880. The molecule has 0 amide bonds. The summed E-state index contributed by atoms with van der Waals surface area (Å²) < 4.78 is 36.9. The van der Waals surface area contributed by atoms with Crippen LogP contribution >= 0.6 is 0 Å². The van der Waals surface area contributed by atoms with Crippen LogP contribution in [0, 0.1) is 0 Å². The Balaban J connectivity index is 1.95. The normalized spacial score (nSPS) is 12.1. The van der Waals surface area contributed by atoms with E-state index in [1.165, 1.54) is 0 Å². The number of ether oxygens (including phenoxy) is 6. The highest BCUT2D eigenvalue weighted by Gasteiger charge is 2.35. The lowest BCUT2D eigenvalue weighted by molar-refractivity contribution is 0.110. The zero-order valence-electron chi connectivity index (χ0n) is 43.5. The van der Waals surface area contributed by atoms with Gasteiger partial charge in [-0.3, -0.25) is 0 Å². The van der Waals surface area contributed by atoms with Crippen LogP contribution in [-0.4, -0.2) is 55.0 Å². The van der Waals surface area contributed by atoms with E-state index in [4.69, 9.17) is 28.4 Å². The van der Waals surface area contributed by atoms with Crippen LogP contribution in [-0.2, 0) is 78.9 Å². The zero-order valence-corrected chi connectivity index (χ0v) is 43.5. The fraction of sp³-hybridized carbons (Fsp3) is 0.593. The van der Waals surface area contributed by atoms with Crippen molar-refractivity contribution in [2.75, 3.05) is 39.6 Å². The lowest BCUT2D eigenvalue weighted by atomic mass is 9.68. The number of rotatable bonds is 35. The molecule has 0 radical (unpaired) electrons. The largest absolute Gasteiger partial charge is 0.507 e. The molecule has 0 fully saturated rings. The predicted molar refractivity (Wildman–Crippen MR) is 276 cm³/mol. The predicted octanol–water partition coefficient (Wildman–Crippen LogP) is 14.4. The van der Waals surface area contributed by atoms with Crippen LogP contribution in [0.4, 0.5) is 0 Å². The molecule has 0 spiro atoms. The summed E-state index contributed by atoms with van der Waals surface area (Å²) in [6, 6.07) is 21.4. The molecule has 0 aliphatic heterocycles. The second kappa shape index (κ2) is 29.9. The van der Waals surface area contributed by atoms with Gasteiger partial charge in [0, 0.05) is 83.9 Å². The van der Waals surface area contributed by atoms with Crippen LogP contribution in [0.5, 0.6) is 17.2 Å². The highest BCUT2D eigenvalue weighted by Crippen LogP contribution is 2.45. The maximum atomic E-state index is 11.8. The van der Waals surface area contributed by atoms with E-state index in [9.17, 15) is 15.3 Å². The SMILES string of the molecule is CCCCOCc1cc(C(C)(C)c2ccc(C(C)(c3cc(COCCCC)c(O)c(COCCCC)c3)c3cc(COCCCC)c(O)c(COCCCC)c3)cc2)cc(COCCCC)c1O. The van der Waals surface area contributed by atoms with Gasteiger partial charge in [-0.2, -0.15) is 0 Å². The molecule has 0 aliphatic rings. The summed E-state index contributed by atoms with van der Waals surface area (Å²) in [5.74, 6) is 0.629. The third-order valence-electron chi connectivity index (χ3n) is 13.3. The molecular weight excluding hydrogens is 853 g/mol. The second-order valence-electron chi connectivity index (χ2n) is 19.2. The zero-order chi connectivity index (χ0) is 49.4. The van der Waals surface area contributed by atoms with Gasteiger partial charge in [-0.1, -0.05) is 118 Å². The van der Waals surface area contributed by atoms with Crippen LogP contribution in [0.3, 0.4) is 0 Å². The van der Waals surface area contributed by atoms with Gasteiger partial charge in [0.15, 0.2) is 0 Å². The molecule has 0 saturated carbocycles. The minimum absolute atomic E-state index is 0.195. The van der Waals surface area contributed by atoms with Crippen LogP contribution in [0.1, 0.15) is 201 Å². The molecule has 0 heterocycles. The van der Waals surface area contributed by atoms with Gasteiger partial charge >= 0.3 is 0 Å². The van der Waals surface area contributed by atoms with E-state index < -0.39 is 10.8 Å². The smallest absolute Gasteiger partial charge is 0.126 e. The third-order valence-corrected chi connectivity index (χ3v) is 13.3. The van der Waals surface area contributed by atoms with Crippen molar-refractivity contribution in [3.63, 3.8) is 0 Å². The highest BCUT2D eigenvalue weighted by molar-refractivity contribution is 5.58. The Hall–Kier alpha value is -3.96. The van der Waals surface area contributed by atoms with Crippen molar-refractivity contribution in [2.45, 2.75) is 190 Å². The molecule has 9 nitrogen and oxygen atoms in total. The standard InChI is InChI=1S/C59H88O9/c1-10-16-26-63-38-44-32-52(33-45(55(44)60)39-64-27-17-11-2)58(7,8)50-22-24-51(25-23-50)59(9,53-34-46(40-65-28-18-12-3)56(61)47(35-53)41-66-29-19-13-4)54-36-48(42-67-30-20-14-5)57(62)49(37-54)43-68-31-21-15-6/h22-25,32-37,60-62H,10-21,26-31,38-43H2,1-9H3. The molecule has 378 valence electrons. The van der Waals surface area contributed by atoms with Crippen molar-refractivity contribution < 1.29 is 43.7 Å². The lowest BCUT2D eigenvalue weighted by Gasteiger charge is -2.35. The molecule has 0 saturated heterocycles. The van der Waals surface area contributed by atoms with Gasteiger partial charge in [0.2, 0.25) is 0 Å². The molecular formula is C59H88O9. The Morgan fingerprint density at radius 1 is 0.324 bits per heavy atom. The first-order valence-corrected chi connectivity index (χ1v) is 26.0. The Morgan fingerprint density at radius 2 is 0.544 bits per heavy atom. The number of aromatic hydroxyl groups is 3. The summed E-state index contributed by atoms with van der Waals surface area (Å²) in [5, 5.41) is 35.1. The molecule has 4 aromatic carbocycles. The maximum absolute atomic E-state index is 11.8. The van der Waals surface area contributed by atoms with Crippen molar-refractivity contribution in [1.29, 1.82) is 0 Å². The Kier molecular flexibility index (Phi) is 24.9. The van der Waals surface area contributed by atoms with Crippen molar-refractivity contribution in [1.82, 2.24) is 0 Å². The van der Waals surface area contributed by atoms with Crippen molar-refractivity contribution in [3.8, 4) is 17.2 Å². The first kappa shape index (κ1) is 56.6. The van der Waals surface area contributed by atoms with Gasteiger partial charge < -0.3 is 43.7 Å². The van der Waals surface area contributed by atoms with E-state index in [0.29, 0.717) is 75.1 Å². The molecule has 0 bridgehead atoms. The van der Waals surface area contributed by atoms with Gasteiger partial charge in [-0.25, -0.2) is 0 Å². The molecule has 0 aliphatic carbocycles. The highest BCUT2D eigenvalue weighted by atomic mass is 16.5. The number of hydrogen-bond donors (Lipinski definition) is 3. The summed E-state index contributed by atoms with van der Waals surface area (Å²) in [6.07, 6.45) is 11.8. The summed E-state index contributed by atoms with van der Waals surface area (Å²) >= 11 is 0. The summed E-state index contributed by atoms with van der Waals surface area (Å²) in [7, 11) is 0. The van der Waals surface area contributed by atoms with Gasteiger partial charge in [0.25, 0.3) is 0 Å². The second-order valence-corrected chi connectivity index (χ2v) is 19.2. The Labute approximate surface area is 410 Å². The van der Waals surface area contributed by atoms with Crippen LogP contribution < -0.4 is 0 Å². The minimum Gasteiger partial charge on any atom is -0.507 e. The number of phenols is 3. The fourth-order valence-corrected chi connectivity index (χ4v) is 8.34. The van der Waals surface area contributed by atoms with Gasteiger partial charge in [0.1, 0.15) is 17.2 Å². The lowest BCUT2D eigenvalue weighted by Crippen LogP contribution is -2.27. The molecule has 4 rings (SSSR count). The summed E-state index contributed by atoms with van der Waals surface area (Å²) in [5.41, 5.74) is 8.20. The average molecular weight is 941 g/mol. The molecule has 3 N–H and O–H groups in total. The first-order chi connectivity index (χ1) is 32.9. The van der Waals surface area contributed by atoms with Gasteiger partial charge in [0.05, 0.1) is 39.6 Å². The van der Waals surface area contributed by atoms with E-state index in [1.54, 1.807) is 0 Å². The van der Waals surface area contributed by atoms with E-state index in [-0.39, 0.29) is 43.7 Å². The van der Waals surface area contributed by atoms with E-state index in [0.717, 1.165) is 116 Å². The summed E-state index contributed by atoms with van der Waals surface area (Å²) in [6.45, 7) is 24.9. The molecule has 0 unspecified atom stereocenters. The van der Waals surface area contributed by atoms with Crippen molar-refractivity contribution in [2.24, 2.45) is 0 Å². The number of phenolic OH excluding ortho intramolecular Hbond substituents is 3. The van der Waals surface area contributed by atoms with Crippen molar-refractivity contribution >= 4 is 0 Å². The van der Waals surface area contributed by atoms with Crippen LogP contribution in [0.25, 0.3) is 0 Å². The van der Waals surface area contributed by atoms with Crippen LogP contribution in [0.15, 0.2) is 60.7 Å². The molecule has 0 atom stereocenters. The number of unbranched alkanes of at least 4 members (excludes halogenated alkanes) is 6. The average Bonchev–Trinajstić information content (AvgIpc) is 3.34. The monoisotopic (exact) mass is 941 g/mol. The van der Waals surface area contributed by atoms with E-state index in [2.05, 4.69) is 123 Å². The quantitative estimate of drug-likeness (QED) is 0.0306. The van der Waals surface area contributed by atoms with Gasteiger partial charge in [-0.15, -0.1) is 0 Å². The molecule has 9 heteroatoms. The topological polar surface area (TPSA) is 116 Å². The number of hydrogen-bond acceptors (Lipinski definition) is 9. The van der Waals surface area contributed by atoms with E-state index in [1.807, 2.05) is 0 Å².